The molecule has 1 aliphatic rings. The molecule has 0 spiro atoms. The molecule has 2 aromatic rings. The smallest absolute Gasteiger partial charge is 0.137 e. The molecule has 0 atom stereocenters. The number of hydrogen-bond acceptors (Lipinski definition) is 3. The summed E-state index contributed by atoms with van der Waals surface area (Å²) < 4.78 is 19.1. The summed E-state index contributed by atoms with van der Waals surface area (Å²) in [6.07, 6.45) is 0. The lowest BCUT2D eigenvalue weighted by Crippen LogP contribution is -2.45. The molecule has 23 heavy (non-hydrogen) atoms. The van der Waals surface area contributed by atoms with E-state index in [0.29, 0.717) is 4.47 Å². The third-order valence-corrected chi connectivity index (χ3v) is 4.79. The van der Waals surface area contributed by atoms with Crippen LogP contribution in [0, 0.1) is 5.82 Å². The first-order chi connectivity index (χ1) is 11.2. The maximum Gasteiger partial charge on any atom is 0.137 e. The second kappa shape index (κ2) is 7.32. The van der Waals surface area contributed by atoms with E-state index in [-0.39, 0.29) is 5.82 Å². The van der Waals surface area contributed by atoms with Crippen LogP contribution in [0.5, 0.6) is 5.75 Å². The lowest BCUT2D eigenvalue weighted by atomic mass is 10.2. The summed E-state index contributed by atoms with van der Waals surface area (Å²) in [5, 5.41) is 0. The van der Waals surface area contributed by atoms with E-state index in [0.717, 1.165) is 44.0 Å². The molecule has 3 rings (SSSR count). The molecular formula is C18H20BrFN2O. The normalized spacial score (nSPS) is 15.7. The number of hydrogen-bond donors (Lipinski definition) is 0. The number of piperazine rings is 1. The molecular weight excluding hydrogens is 359 g/mol. The van der Waals surface area contributed by atoms with Crippen LogP contribution in [-0.2, 0) is 6.54 Å². The lowest BCUT2D eigenvalue weighted by molar-refractivity contribution is 0.249. The molecule has 1 aliphatic heterocycles. The molecule has 2 aromatic carbocycles. The Hall–Kier alpha value is -1.59. The Morgan fingerprint density at radius 1 is 1.09 bits per heavy atom. The van der Waals surface area contributed by atoms with Crippen molar-refractivity contribution in [3.63, 3.8) is 0 Å². The van der Waals surface area contributed by atoms with Gasteiger partial charge in [0.15, 0.2) is 0 Å². The summed E-state index contributed by atoms with van der Waals surface area (Å²) >= 11 is 3.25. The highest BCUT2D eigenvalue weighted by molar-refractivity contribution is 9.10. The van der Waals surface area contributed by atoms with Gasteiger partial charge in [-0.15, -0.1) is 0 Å². The Kier molecular flexibility index (Phi) is 5.18. The van der Waals surface area contributed by atoms with Gasteiger partial charge in [-0.25, -0.2) is 4.39 Å². The second-order valence-corrected chi connectivity index (χ2v) is 6.57. The molecule has 1 heterocycles. The van der Waals surface area contributed by atoms with Crippen molar-refractivity contribution in [1.29, 1.82) is 0 Å². The standard InChI is InChI=1S/C18H20BrFN2O/c1-23-16-4-2-3-15(12-16)22-9-7-21(8-10-22)13-14-5-6-18(20)17(19)11-14/h2-6,11-12H,7-10,13H2,1H3. The zero-order valence-electron chi connectivity index (χ0n) is 13.1. The molecule has 1 fully saturated rings. The van der Waals surface area contributed by atoms with Gasteiger partial charge in [0.2, 0.25) is 0 Å². The van der Waals surface area contributed by atoms with Crippen LogP contribution < -0.4 is 9.64 Å². The quantitative estimate of drug-likeness (QED) is 0.801. The minimum absolute atomic E-state index is 0.211. The Morgan fingerprint density at radius 2 is 1.87 bits per heavy atom. The van der Waals surface area contributed by atoms with E-state index >= 15 is 0 Å². The van der Waals surface area contributed by atoms with E-state index in [9.17, 15) is 4.39 Å². The Labute approximate surface area is 144 Å². The van der Waals surface area contributed by atoms with Gasteiger partial charge in [0.1, 0.15) is 11.6 Å². The molecule has 0 radical (unpaired) electrons. The summed E-state index contributed by atoms with van der Waals surface area (Å²) in [6.45, 7) is 4.80. The van der Waals surface area contributed by atoms with Gasteiger partial charge in [-0.3, -0.25) is 4.90 Å². The van der Waals surface area contributed by atoms with Crippen LogP contribution in [0.2, 0.25) is 0 Å². The number of methoxy groups -OCH3 is 1. The predicted molar refractivity (Wildman–Crippen MR) is 94.6 cm³/mol. The highest BCUT2D eigenvalue weighted by Crippen LogP contribution is 2.23. The van der Waals surface area contributed by atoms with Gasteiger partial charge < -0.3 is 9.64 Å². The largest absolute Gasteiger partial charge is 0.497 e. The number of anilines is 1. The predicted octanol–water partition coefficient (Wildman–Crippen LogP) is 3.92. The van der Waals surface area contributed by atoms with Crippen molar-refractivity contribution in [3.05, 3.63) is 58.3 Å². The van der Waals surface area contributed by atoms with Gasteiger partial charge in [0.05, 0.1) is 11.6 Å². The minimum Gasteiger partial charge on any atom is -0.497 e. The van der Waals surface area contributed by atoms with E-state index in [1.54, 1.807) is 7.11 Å². The van der Waals surface area contributed by atoms with Gasteiger partial charge in [0.25, 0.3) is 0 Å². The van der Waals surface area contributed by atoms with Crippen LogP contribution in [0.1, 0.15) is 5.56 Å². The van der Waals surface area contributed by atoms with Gasteiger partial charge in [0, 0.05) is 44.5 Å². The first-order valence-electron chi connectivity index (χ1n) is 7.71. The molecule has 0 unspecified atom stereocenters. The fourth-order valence-electron chi connectivity index (χ4n) is 2.87. The zero-order chi connectivity index (χ0) is 16.2. The van der Waals surface area contributed by atoms with Crippen LogP contribution in [0.25, 0.3) is 0 Å². The average molecular weight is 379 g/mol. The second-order valence-electron chi connectivity index (χ2n) is 5.71. The van der Waals surface area contributed by atoms with Crippen LogP contribution >= 0.6 is 15.9 Å². The van der Waals surface area contributed by atoms with Crippen molar-refractivity contribution >= 4 is 21.6 Å². The highest BCUT2D eigenvalue weighted by Gasteiger charge is 2.18. The number of benzene rings is 2. The summed E-state index contributed by atoms with van der Waals surface area (Å²) in [4.78, 5) is 4.77. The van der Waals surface area contributed by atoms with Gasteiger partial charge >= 0.3 is 0 Å². The lowest BCUT2D eigenvalue weighted by Gasteiger charge is -2.36. The molecule has 0 amide bonds. The third kappa shape index (κ3) is 4.03. The Morgan fingerprint density at radius 3 is 2.57 bits per heavy atom. The molecule has 3 nitrogen and oxygen atoms in total. The molecule has 122 valence electrons. The van der Waals surface area contributed by atoms with Crippen molar-refractivity contribution in [2.45, 2.75) is 6.54 Å². The van der Waals surface area contributed by atoms with Crippen molar-refractivity contribution in [2.24, 2.45) is 0 Å². The van der Waals surface area contributed by atoms with Crippen LogP contribution in [0.4, 0.5) is 10.1 Å². The van der Waals surface area contributed by atoms with Crippen molar-refractivity contribution in [1.82, 2.24) is 4.90 Å². The topological polar surface area (TPSA) is 15.7 Å². The SMILES string of the molecule is COc1cccc(N2CCN(Cc3ccc(F)c(Br)c3)CC2)c1. The van der Waals surface area contributed by atoms with Crippen LogP contribution in [0.3, 0.4) is 0 Å². The van der Waals surface area contributed by atoms with Gasteiger partial charge in [-0.1, -0.05) is 12.1 Å². The number of halogens is 2. The Bertz CT molecular complexity index is 672. The molecule has 0 N–H and O–H groups in total. The van der Waals surface area contributed by atoms with Gasteiger partial charge in [-0.05, 0) is 45.8 Å². The summed E-state index contributed by atoms with van der Waals surface area (Å²) in [5.41, 5.74) is 2.33. The van der Waals surface area contributed by atoms with Crippen molar-refractivity contribution < 1.29 is 9.13 Å². The fraction of sp³-hybridized carbons (Fsp3) is 0.333. The molecule has 1 saturated heterocycles. The molecule has 0 aromatic heterocycles. The fourth-order valence-corrected chi connectivity index (χ4v) is 3.29. The van der Waals surface area contributed by atoms with Crippen LogP contribution in [-0.4, -0.2) is 38.2 Å². The number of ether oxygens (including phenoxy) is 1. The van der Waals surface area contributed by atoms with E-state index in [2.05, 4.69) is 37.9 Å². The van der Waals surface area contributed by atoms with E-state index in [1.807, 2.05) is 24.3 Å². The van der Waals surface area contributed by atoms with E-state index in [4.69, 9.17) is 4.74 Å². The monoisotopic (exact) mass is 378 g/mol. The molecule has 0 bridgehead atoms. The van der Waals surface area contributed by atoms with Gasteiger partial charge in [-0.2, -0.15) is 0 Å². The highest BCUT2D eigenvalue weighted by atomic mass is 79.9. The zero-order valence-corrected chi connectivity index (χ0v) is 14.7. The maximum absolute atomic E-state index is 13.3. The van der Waals surface area contributed by atoms with Crippen LogP contribution in [0.15, 0.2) is 46.9 Å². The number of nitrogens with zero attached hydrogens (tertiary/aromatic N) is 2. The molecule has 5 heteroatoms. The van der Waals surface area contributed by atoms with E-state index in [1.165, 1.54) is 11.8 Å². The average Bonchev–Trinajstić information content (AvgIpc) is 2.59. The first-order valence-corrected chi connectivity index (χ1v) is 8.50. The minimum atomic E-state index is -0.211. The van der Waals surface area contributed by atoms with E-state index < -0.39 is 0 Å². The molecule has 0 saturated carbocycles. The summed E-state index contributed by atoms with van der Waals surface area (Å²) in [6, 6.07) is 13.4. The van der Waals surface area contributed by atoms with Crippen molar-refractivity contribution in [3.8, 4) is 5.75 Å². The number of rotatable bonds is 4. The molecule has 0 aliphatic carbocycles. The van der Waals surface area contributed by atoms with Crippen molar-refractivity contribution in [2.75, 3.05) is 38.2 Å². The Balaban J connectivity index is 1.58. The first kappa shape index (κ1) is 16.3. The summed E-state index contributed by atoms with van der Waals surface area (Å²) in [5.74, 6) is 0.678. The third-order valence-electron chi connectivity index (χ3n) is 4.18. The maximum atomic E-state index is 13.3. The summed E-state index contributed by atoms with van der Waals surface area (Å²) in [7, 11) is 1.69.